The van der Waals surface area contributed by atoms with Crippen LogP contribution in [0.3, 0.4) is 0 Å². The van der Waals surface area contributed by atoms with E-state index in [1.165, 1.54) is 0 Å². The predicted molar refractivity (Wildman–Crippen MR) is 105 cm³/mol. The first-order valence-electron chi connectivity index (χ1n) is 8.46. The minimum absolute atomic E-state index is 0.213. The first kappa shape index (κ1) is 18.3. The molecule has 0 bridgehead atoms. The minimum atomic E-state index is -0.213. The molecule has 2 heterocycles. The monoisotopic (exact) mass is 403 g/mol. The molecule has 0 spiro atoms. The van der Waals surface area contributed by atoms with E-state index in [1.807, 2.05) is 53.1 Å². The Hall–Kier alpha value is -2.06. The van der Waals surface area contributed by atoms with Gasteiger partial charge in [0.05, 0.1) is 26.1 Å². The van der Waals surface area contributed by atoms with Crippen molar-refractivity contribution in [3.05, 3.63) is 53.6 Å². The van der Waals surface area contributed by atoms with Crippen LogP contribution in [0.25, 0.3) is 17.1 Å². The topological polar surface area (TPSA) is 58.4 Å². The summed E-state index contributed by atoms with van der Waals surface area (Å²) in [5, 5.41) is 10.3. The van der Waals surface area contributed by atoms with Gasteiger partial charge in [-0.1, -0.05) is 23.4 Å². The Kier molecular flexibility index (Phi) is 5.63. The van der Waals surface area contributed by atoms with Crippen LogP contribution in [-0.4, -0.2) is 47.1 Å². The van der Waals surface area contributed by atoms with Crippen LogP contribution in [-0.2, 0) is 9.47 Å². The molecule has 2 aromatic carbocycles. The van der Waals surface area contributed by atoms with Crippen LogP contribution in [0.4, 0.5) is 0 Å². The van der Waals surface area contributed by atoms with Gasteiger partial charge < -0.3 is 14.2 Å². The van der Waals surface area contributed by atoms with Crippen molar-refractivity contribution in [2.45, 2.75) is 11.4 Å². The van der Waals surface area contributed by atoms with E-state index >= 15 is 0 Å². The highest BCUT2D eigenvalue weighted by Crippen LogP contribution is 2.30. The molecule has 1 aliphatic heterocycles. The van der Waals surface area contributed by atoms with E-state index in [4.69, 9.17) is 25.8 Å². The highest BCUT2D eigenvalue weighted by atomic mass is 35.5. The lowest BCUT2D eigenvalue weighted by Gasteiger charge is -2.12. The second-order valence-corrected chi connectivity index (χ2v) is 7.25. The molecule has 0 saturated carbocycles. The number of rotatable bonds is 6. The van der Waals surface area contributed by atoms with Crippen molar-refractivity contribution in [2.24, 2.45) is 0 Å². The summed E-state index contributed by atoms with van der Waals surface area (Å²) >= 11 is 7.61. The van der Waals surface area contributed by atoms with Gasteiger partial charge in [0.25, 0.3) is 0 Å². The van der Waals surface area contributed by atoms with E-state index in [0.717, 1.165) is 28.0 Å². The lowest BCUT2D eigenvalue weighted by atomic mass is 10.2. The molecule has 0 aliphatic carbocycles. The molecule has 0 radical (unpaired) electrons. The molecule has 0 atom stereocenters. The molecule has 0 N–H and O–H groups in total. The Balaban J connectivity index is 1.70. The van der Waals surface area contributed by atoms with Crippen molar-refractivity contribution in [3.8, 4) is 22.8 Å². The molecule has 3 aromatic rings. The van der Waals surface area contributed by atoms with Crippen molar-refractivity contribution >= 4 is 23.4 Å². The second-order valence-electron chi connectivity index (χ2n) is 5.83. The van der Waals surface area contributed by atoms with E-state index in [1.54, 1.807) is 18.9 Å². The summed E-state index contributed by atoms with van der Waals surface area (Å²) in [7, 11) is 1.65. The number of aromatic nitrogens is 3. The van der Waals surface area contributed by atoms with Gasteiger partial charge in [0.15, 0.2) is 17.3 Å². The van der Waals surface area contributed by atoms with Crippen LogP contribution in [0.5, 0.6) is 5.75 Å². The van der Waals surface area contributed by atoms with Crippen LogP contribution in [0.15, 0.2) is 53.7 Å². The van der Waals surface area contributed by atoms with E-state index in [0.29, 0.717) is 24.0 Å². The Bertz CT molecular complexity index is 894. The molecule has 1 saturated heterocycles. The van der Waals surface area contributed by atoms with Gasteiger partial charge in [-0.2, -0.15) is 0 Å². The number of hydrogen-bond donors (Lipinski definition) is 0. The van der Waals surface area contributed by atoms with Crippen molar-refractivity contribution in [2.75, 3.05) is 26.1 Å². The van der Waals surface area contributed by atoms with Gasteiger partial charge >= 0.3 is 0 Å². The zero-order valence-electron chi connectivity index (χ0n) is 14.7. The third-order valence-corrected chi connectivity index (χ3v) is 5.32. The molecular weight excluding hydrogens is 386 g/mol. The maximum Gasteiger partial charge on any atom is 0.196 e. The maximum absolute atomic E-state index is 6.06. The molecule has 4 rings (SSSR count). The molecular formula is C19H18ClN3O3S. The van der Waals surface area contributed by atoms with Gasteiger partial charge in [-0.15, -0.1) is 10.2 Å². The van der Waals surface area contributed by atoms with Crippen LogP contribution >= 0.6 is 23.4 Å². The summed E-state index contributed by atoms with van der Waals surface area (Å²) in [6, 6.07) is 15.3. The van der Waals surface area contributed by atoms with Crippen LogP contribution in [0, 0.1) is 0 Å². The standard InChI is InChI=1S/C19H18ClN3O3S/c1-24-16-8-2-13(3-9-16)18-21-22-19(27-12-17-25-10-11-26-17)23(18)15-6-4-14(20)5-7-15/h2-9,17H,10-12H2,1H3. The highest BCUT2D eigenvalue weighted by molar-refractivity contribution is 7.99. The maximum atomic E-state index is 6.06. The van der Waals surface area contributed by atoms with Gasteiger partial charge in [-0.3, -0.25) is 4.57 Å². The SMILES string of the molecule is COc1ccc(-c2nnc(SCC3OCCO3)n2-c2ccc(Cl)cc2)cc1. The van der Waals surface area contributed by atoms with Crippen molar-refractivity contribution < 1.29 is 14.2 Å². The first-order valence-corrected chi connectivity index (χ1v) is 9.83. The van der Waals surface area contributed by atoms with E-state index in [2.05, 4.69) is 10.2 Å². The van der Waals surface area contributed by atoms with Crippen LogP contribution < -0.4 is 4.74 Å². The van der Waals surface area contributed by atoms with Crippen LogP contribution in [0.1, 0.15) is 0 Å². The van der Waals surface area contributed by atoms with Crippen molar-refractivity contribution in [1.82, 2.24) is 14.8 Å². The first-order chi connectivity index (χ1) is 13.2. The summed E-state index contributed by atoms with van der Waals surface area (Å²) in [4.78, 5) is 0. The van der Waals surface area contributed by atoms with Crippen LogP contribution in [0.2, 0.25) is 5.02 Å². The summed E-state index contributed by atoms with van der Waals surface area (Å²) in [6.07, 6.45) is -0.213. The Labute approximate surface area is 166 Å². The lowest BCUT2D eigenvalue weighted by molar-refractivity contribution is -0.0215. The fraction of sp³-hybridized carbons (Fsp3) is 0.263. The smallest absolute Gasteiger partial charge is 0.196 e. The predicted octanol–water partition coefficient (Wildman–Crippen LogP) is 4.06. The summed E-state index contributed by atoms with van der Waals surface area (Å²) < 4.78 is 18.3. The molecule has 0 amide bonds. The van der Waals surface area contributed by atoms with E-state index in [9.17, 15) is 0 Å². The van der Waals surface area contributed by atoms with Gasteiger partial charge in [0.1, 0.15) is 5.75 Å². The zero-order valence-corrected chi connectivity index (χ0v) is 16.2. The second kappa shape index (κ2) is 8.31. The normalized spacial score (nSPS) is 14.6. The number of benzene rings is 2. The molecule has 1 aromatic heterocycles. The number of hydrogen-bond acceptors (Lipinski definition) is 6. The fourth-order valence-corrected chi connectivity index (χ4v) is 3.78. The quantitative estimate of drug-likeness (QED) is 0.578. The van der Waals surface area contributed by atoms with Gasteiger partial charge in [-0.25, -0.2) is 0 Å². The summed E-state index contributed by atoms with van der Waals surface area (Å²) in [5.74, 6) is 2.19. The molecule has 8 heteroatoms. The number of halogens is 1. The summed E-state index contributed by atoms with van der Waals surface area (Å²) in [6.45, 7) is 1.26. The third-order valence-electron chi connectivity index (χ3n) is 4.11. The van der Waals surface area contributed by atoms with Gasteiger partial charge in [-0.05, 0) is 48.5 Å². The van der Waals surface area contributed by atoms with Gasteiger partial charge in [0.2, 0.25) is 0 Å². The molecule has 1 aliphatic rings. The Morgan fingerprint density at radius 2 is 1.78 bits per heavy atom. The largest absolute Gasteiger partial charge is 0.497 e. The van der Waals surface area contributed by atoms with E-state index in [-0.39, 0.29) is 6.29 Å². The van der Waals surface area contributed by atoms with Crippen molar-refractivity contribution in [3.63, 3.8) is 0 Å². The average molecular weight is 404 g/mol. The minimum Gasteiger partial charge on any atom is -0.497 e. The lowest BCUT2D eigenvalue weighted by Crippen LogP contribution is -2.11. The molecule has 0 unspecified atom stereocenters. The Morgan fingerprint density at radius 3 is 2.44 bits per heavy atom. The van der Waals surface area contributed by atoms with E-state index < -0.39 is 0 Å². The fourth-order valence-electron chi connectivity index (χ4n) is 2.76. The molecule has 1 fully saturated rings. The number of nitrogens with zero attached hydrogens (tertiary/aromatic N) is 3. The molecule has 27 heavy (non-hydrogen) atoms. The van der Waals surface area contributed by atoms with Gasteiger partial charge in [0, 0.05) is 16.3 Å². The highest BCUT2D eigenvalue weighted by Gasteiger charge is 2.21. The number of ether oxygens (including phenoxy) is 3. The zero-order chi connectivity index (χ0) is 18.6. The third kappa shape index (κ3) is 4.11. The molecule has 6 nitrogen and oxygen atoms in total. The number of thioether (sulfide) groups is 1. The molecule has 140 valence electrons. The Morgan fingerprint density at radius 1 is 1.07 bits per heavy atom. The average Bonchev–Trinajstić information content (AvgIpc) is 3.37. The number of methoxy groups -OCH3 is 1. The summed E-state index contributed by atoms with van der Waals surface area (Å²) in [5.41, 5.74) is 1.88. The van der Waals surface area contributed by atoms with Crippen molar-refractivity contribution in [1.29, 1.82) is 0 Å².